The zero-order valence-electron chi connectivity index (χ0n) is 13.9. The Bertz CT molecular complexity index is 1310. The summed E-state index contributed by atoms with van der Waals surface area (Å²) in [7, 11) is -3.65. The van der Waals surface area contributed by atoms with Gasteiger partial charge in [-0.05, 0) is 30.3 Å². The minimum absolute atomic E-state index is 0.170. The van der Waals surface area contributed by atoms with Crippen molar-refractivity contribution in [3.05, 3.63) is 66.2 Å². The fraction of sp³-hybridized carbons (Fsp3) is 0. The minimum Gasteiger partial charge on any atom is -0.383 e. The number of fused-ring (bicyclic) bond motifs is 1. The molecule has 0 saturated carbocycles. The van der Waals surface area contributed by atoms with Gasteiger partial charge in [0, 0.05) is 5.56 Å². The Morgan fingerprint density at radius 2 is 1.78 bits per heavy atom. The number of hydrogen-bond acceptors (Lipinski definition) is 6. The van der Waals surface area contributed by atoms with Crippen LogP contribution in [0.3, 0.4) is 0 Å². The van der Waals surface area contributed by atoms with E-state index in [9.17, 15) is 8.42 Å². The summed E-state index contributed by atoms with van der Waals surface area (Å²) in [5, 5.41) is 7.76. The van der Waals surface area contributed by atoms with E-state index in [1.54, 1.807) is 54.6 Å². The summed E-state index contributed by atoms with van der Waals surface area (Å²) < 4.78 is 25.9. The molecule has 0 unspecified atom stereocenters. The summed E-state index contributed by atoms with van der Waals surface area (Å²) in [6, 6.07) is 19.1. The van der Waals surface area contributed by atoms with E-state index >= 15 is 0 Å². The Hall–Kier alpha value is -3.28. The van der Waals surface area contributed by atoms with Gasteiger partial charge in [0.15, 0.2) is 5.82 Å². The van der Waals surface area contributed by atoms with Gasteiger partial charge < -0.3 is 5.73 Å². The molecule has 6 nitrogen and oxygen atoms in total. The highest BCUT2D eigenvalue weighted by atomic mass is 32.2. The van der Waals surface area contributed by atoms with Crippen LogP contribution in [0.25, 0.3) is 21.6 Å². The van der Waals surface area contributed by atoms with E-state index in [1.807, 2.05) is 0 Å². The lowest BCUT2D eigenvalue weighted by molar-refractivity contribution is -0.0909. The summed E-state index contributed by atoms with van der Waals surface area (Å²) in [4.78, 5) is 9.50. The van der Waals surface area contributed by atoms with E-state index in [0.29, 0.717) is 27.2 Å². The number of anilines is 1. The highest BCUT2D eigenvalue weighted by Crippen LogP contribution is 2.35. The SMILES string of the molecule is [NH+]#Cc1cccc(-c2nc(N)c3cc(S(=O)(=O)c4ccccc4)sc3n2)c1. The van der Waals surface area contributed by atoms with Crippen LogP contribution < -0.4 is 11.0 Å². The average molecular weight is 393 g/mol. The smallest absolute Gasteiger partial charge is 0.308 e. The van der Waals surface area contributed by atoms with Gasteiger partial charge >= 0.3 is 6.07 Å². The number of thiophene rings is 1. The molecule has 0 bridgehead atoms. The molecule has 27 heavy (non-hydrogen) atoms. The lowest BCUT2D eigenvalue weighted by Crippen LogP contribution is -2.17. The number of rotatable bonds is 3. The van der Waals surface area contributed by atoms with Gasteiger partial charge in [-0.1, -0.05) is 35.6 Å². The van der Waals surface area contributed by atoms with E-state index in [2.05, 4.69) is 16.0 Å². The minimum atomic E-state index is -3.65. The molecular weight excluding hydrogens is 380 g/mol. The van der Waals surface area contributed by atoms with Crippen LogP contribution in [0.2, 0.25) is 0 Å². The Morgan fingerprint density at radius 1 is 1.00 bits per heavy atom. The summed E-state index contributed by atoms with van der Waals surface area (Å²) in [6.45, 7) is 0. The Kier molecular flexibility index (Phi) is 4.11. The van der Waals surface area contributed by atoms with Crippen molar-refractivity contribution in [2.75, 3.05) is 5.73 Å². The third-order valence-corrected chi connectivity index (χ3v) is 7.26. The second-order valence-electron chi connectivity index (χ2n) is 5.74. The van der Waals surface area contributed by atoms with Crippen molar-refractivity contribution < 1.29 is 13.7 Å². The molecule has 3 N–H and O–H groups in total. The Labute approximate surface area is 159 Å². The maximum Gasteiger partial charge on any atom is 0.308 e. The number of nitrogens with zero attached hydrogens (tertiary/aromatic N) is 2. The number of nitrogens with two attached hydrogens (primary N) is 1. The van der Waals surface area contributed by atoms with E-state index in [0.717, 1.165) is 11.3 Å². The molecule has 4 aromatic rings. The molecule has 8 heteroatoms. The number of nitrogens with one attached hydrogen (secondary N) is 1. The van der Waals surface area contributed by atoms with Gasteiger partial charge in [0.1, 0.15) is 20.4 Å². The molecule has 0 amide bonds. The standard InChI is InChI=1S/C19H12N4O2S2/c20-11-12-5-4-6-13(9-12)18-22-17(21)15-10-16(26-19(15)23-18)27(24,25)14-7-2-1-3-8-14/h1-10H,(H2,21,22,23)/p+1. The molecule has 0 saturated heterocycles. The monoisotopic (exact) mass is 393 g/mol. The quantitative estimate of drug-likeness (QED) is 0.552. The zero-order valence-corrected chi connectivity index (χ0v) is 15.5. The summed E-state index contributed by atoms with van der Waals surface area (Å²) in [5.74, 6) is 0.590. The van der Waals surface area contributed by atoms with E-state index in [-0.39, 0.29) is 14.9 Å². The van der Waals surface area contributed by atoms with Gasteiger partial charge in [-0.2, -0.15) is 0 Å². The van der Waals surface area contributed by atoms with Crippen LogP contribution >= 0.6 is 11.3 Å². The molecule has 2 aromatic carbocycles. The van der Waals surface area contributed by atoms with Crippen LogP contribution in [-0.2, 0) is 9.84 Å². The van der Waals surface area contributed by atoms with Crippen LogP contribution in [-0.4, -0.2) is 18.4 Å². The van der Waals surface area contributed by atoms with Crippen molar-refractivity contribution >= 4 is 37.2 Å². The van der Waals surface area contributed by atoms with Crippen molar-refractivity contribution in [3.8, 4) is 17.5 Å². The topological polar surface area (TPSA) is 110 Å². The van der Waals surface area contributed by atoms with Gasteiger partial charge in [0.05, 0.1) is 10.3 Å². The second-order valence-corrected chi connectivity index (χ2v) is 8.95. The van der Waals surface area contributed by atoms with Gasteiger partial charge in [0.25, 0.3) is 0 Å². The third-order valence-electron chi connectivity index (χ3n) is 3.98. The normalized spacial score (nSPS) is 11.4. The Morgan fingerprint density at radius 3 is 2.52 bits per heavy atom. The number of aromatic nitrogens is 2. The van der Waals surface area contributed by atoms with Crippen molar-refractivity contribution in [3.63, 3.8) is 0 Å². The predicted octanol–water partition coefficient (Wildman–Crippen LogP) is 1.89. The first-order chi connectivity index (χ1) is 13.0. The van der Waals surface area contributed by atoms with E-state index in [4.69, 9.17) is 11.0 Å². The Balaban J connectivity index is 1.86. The maximum atomic E-state index is 12.8. The van der Waals surface area contributed by atoms with E-state index in [1.165, 1.54) is 6.07 Å². The van der Waals surface area contributed by atoms with Crippen LogP contribution in [0.1, 0.15) is 5.56 Å². The first-order valence-corrected chi connectivity index (χ1v) is 10.2. The van der Waals surface area contributed by atoms with Crippen molar-refractivity contribution in [1.82, 2.24) is 9.97 Å². The van der Waals surface area contributed by atoms with Crippen LogP contribution in [0.5, 0.6) is 0 Å². The molecular formula is C19H13N4O2S2+. The first kappa shape index (κ1) is 17.1. The lowest BCUT2D eigenvalue weighted by Gasteiger charge is -2.02. The molecule has 0 radical (unpaired) electrons. The largest absolute Gasteiger partial charge is 0.383 e. The highest BCUT2D eigenvalue weighted by Gasteiger charge is 2.22. The zero-order chi connectivity index (χ0) is 19.0. The molecule has 0 aliphatic carbocycles. The number of hydrogen-bond donors (Lipinski definition) is 2. The molecule has 2 heterocycles. The molecule has 0 aliphatic heterocycles. The van der Waals surface area contributed by atoms with Crippen molar-refractivity contribution in [1.29, 1.82) is 0 Å². The second kappa shape index (κ2) is 6.46. The third kappa shape index (κ3) is 3.03. The summed E-state index contributed by atoms with van der Waals surface area (Å²) in [5.41, 5.74) is 7.34. The molecule has 0 atom stereocenters. The summed E-state index contributed by atoms with van der Waals surface area (Å²) >= 11 is 1.06. The lowest BCUT2D eigenvalue weighted by atomic mass is 10.1. The first-order valence-electron chi connectivity index (χ1n) is 7.89. The molecule has 0 spiro atoms. The molecule has 132 valence electrons. The number of nitrogen functional groups attached to an aromatic ring is 1. The molecule has 4 rings (SSSR count). The fourth-order valence-electron chi connectivity index (χ4n) is 2.63. The van der Waals surface area contributed by atoms with E-state index < -0.39 is 9.84 Å². The van der Waals surface area contributed by atoms with Crippen molar-refractivity contribution in [2.45, 2.75) is 9.10 Å². The van der Waals surface area contributed by atoms with Gasteiger partial charge in [0.2, 0.25) is 9.84 Å². The fourth-order valence-corrected chi connectivity index (χ4v) is 5.39. The number of benzene rings is 2. The van der Waals surface area contributed by atoms with Crippen molar-refractivity contribution in [2.24, 2.45) is 0 Å². The van der Waals surface area contributed by atoms with Gasteiger partial charge in [-0.25, -0.2) is 18.4 Å². The predicted molar refractivity (Wildman–Crippen MR) is 103 cm³/mol. The molecule has 0 aliphatic rings. The van der Waals surface area contributed by atoms with Crippen LogP contribution in [0, 0.1) is 6.07 Å². The summed E-state index contributed by atoms with van der Waals surface area (Å²) in [6.07, 6.45) is 0. The molecule has 2 aromatic heterocycles. The molecule has 0 fully saturated rings. The average Bonchev–Trinajstić information content (AvgIpc) is 3.14. The van der Waals surface area contributed by atoms with Crippen LogP contribution in [0.4, 0.5) is 5.82 Å². The highest BCUT2D eigenvalue weighted by molar-refractivity contribution is 7.93. The maximum absolute atomic E-state index is 12.8. The van der Waals surface area contributed by atoms with Gasteiger partial charge in [-0.15, -0.1) is 11.3 Å². The number of sulfone groups is 1. The van der Waals surface area contributed by atoms with Crippen LogP contribution in [0.15, 0.2) is 69.8 Å². The van der Waals surface area contributed by atoms with Gasteiger partial charge in [-0.3, -0.25) is 0 Å².